The lowest BCUT2D eigenvalue weighted by Gasteiger charge is -1.97. The number of nitrogens with zero attached hydrogens (tertiary/aromatic N) is 1. The van der Waals surface area contributed by atoms with E-state index in [-0.39, 0.29) is 0 Å². The van der Waals surface area contributed by atoms with Crippen LogP contribution in [0.1, 0.15) is 15.9 Å². The Bertz CT molecular complexity index is 584. The van der Waals surface area contributed by atoms with Gasteiger partial charge in [-0.3, -0.25) is 4.79 Å². The Morgan fingerprint density at radius 3 is 2.94 bits per heavy atom. The number of carbonyl (C=O) groups is 2. The molecule has 0 atom stereocenters. The number of carboxylic acid groups (broad SMARTS) is 1. The normalized spacial score (nSPS) is 11.0. The van der Waals surface area contributed by atoms with E-state index < -0.39 is 5.97 Å². The summed E-state index contributed by atoms with van der Waals surface area (Å²) in [4.78, 5) is 28.0. The maximum Gasteiger partial charge on any atom is 0.328 e. The average Bonchev–Trinajstić information content (AvgIpc) is 2.73. The number of carboxylic acids is 1. The molecule has 1 aromatic carbocycles. The number of imidazole rings is 1. The third-order valence-electron chi connectivity index (χ3n) is 2.12. The molecule has 5 heteroatoms. The molecule has 0 amide bonds. The quantitative estimate of drug-likeness (QED) is 0.601. The van der Waals surface area contributed by atoms with Crippen LogP contribution in [0.5, 0.6) is 0 Å². The van der Waals surface area contributed by atoms with Crippen molar-refractivity contribution in [1.82, 2.24) is 9.97 Å². The fraction of sp³-hybridized carbons (Fsp3) is 0. The highest BCUT2D eigenvalue weighted by molar-refractivity contribution is 5.94. The zero-order valence-corrected chi connectivity index (χ0v) is 8.18. The summed E-state index contributed by atoms with van der Waals surface area (Å²) in [7, 11) is 0. The molecule has 0 radical (unpaired) electrons. The van der Waals surface area contributed by atoms with Crippen molar-refractivity contribution in [2.24, 2.45) is 0 Å². The molecule has 2 rings (SSSR count). The highest BCUT2D eigenvalue weighted by Gasteiger charge is 2.04. The van der Waals surface area contributed by atoms with Crippen molar-refractivity contribution in [3.63, 3.8) is 0 Å². The van der Waals surface area contributed by atoms with Crippen LogP contribution in [0.2, 0.25) is 0 Å². The molecule has 0 aliphatic heterocycles. The van der Waals surface area contributed by atoms with Gasteiger partial charge in [0.25, 0.3) is 0 Å². The van der Waals surface area contributed by atoms with Crippen LogP contribution in [0, 0.1) is 0 Å². The number of aliphatic carboxylic acids is 1. The van der Waals surface area contributed by atoms with E-state index >= 15 is 0 Å². The zero-order valence-electron chi connectivity index (χ0n) is 8.18. The van der Waals surface area contributed by atoms with E-state index in [0.717, 1.165) is 6.08 Å². The number of aromatic nitrogens is 2. The van der Waals surface area contributed by atoms with Crippen LogP contribution >= 0.6 is 0 Å². The number of benzene rings is 1. The van der Waals surface area contributed by atoms with Crippen LogP contribution in [-0.2, 0) is 4.79 Å². The predicted octanol–water partition coefficient (Wildman–Crippen LogP) is 1.47. The lowest BCUT2D eigenvalue weighted by Crippen LogP contribution is -1.88. The smallest absolute Gasteiger partial charge is 0.328 e. The van der Waals surface area contributed by atoms with E-state index in [2.05, 4.69) is 9.97 Å². The van der Waals surface area contributed by atoms with E-state index in [1.54, 1.807) is 12.1 Å². The molecule has 1 aromatic heterocycles. The molecule has 0 saturated carbocycles. The first-order valence-corrected chi connectivity index (χ1v) is 4.54. The lowest BCUT2D eigenvalue weighted by atomic mass is 10.1. The summed E-state index contributed by atoms with van der Waals surface area (Å²) in [5.74, 6) is -1.04. The summed E-state index contributed by atoms with van der Waals surface area (Å²) in [6, 6.07) is 3.25. The second-order valence-corrected chi connectivity index (χ2v) is 3.20. The number of H-pyrrole nitrogens is 1. The Kier molecular flexibility index (Phi) is 2.51. The van der Waals surface area contributed by atoms with Gasteiger partial charge in [0.1, 0.15) is 6.29 Å². The highest BCUT2D eigenvalue weighted by Crippen LogP contribution is 2.18. The van der Waals surface area contributed by atoms with E-state index in [1.165, 1.54) is 12.4 Å². The number of hydrogen-bond acceptors (Lipinski definition) is 3. The van der Waals surface area contributed by atoms with E-state index in [0.29, 0.717) is 28.4 Å². The molecule has 2 N–H and O–H groups in total. The third kappa shape index (κ3) is 1.83. The number of aldehydes is 1. The van der Waals surface area contributed by atoms with Gasteiger partial charge in [-0.2, -0.15) is 0 Å². The highest BCUT2D eigenvalue weighted by atomic mass is 16.4. The van der Waals surface area contributed by atoms with Crippen molar-refractivity contribution in [1.29, 1.82) is 0 Å². The number of aromatic amines is 1. The maximum absolute atomic E-state index is 10.7. The average molecular weight is 216 g/mol. The summed E-state index contributed by atoms with van der Waals surface area (Å²) < 4.78 is 0. The lowest BCUT2D eigenvalue weighted by molar-refractivity contribution is -0.131. The summed E-state index contributed by atoms with van der Waals surface area (Å²) in [5.41, 5.74) is 2.42. The first-order valence-electron chi connectivity index (χ1n) is 4.54. The fourth-order valence-corrected chi connectivity index (χ4v) is 1.46. The molecular formula is C11H8N2O3. The summed E-state index contributed by atoms with van der Waals surface area (Å²) >= 11 is 0. The molecule has 80 valence electrons. The van der Waals surface area contributed by atoms with Crippen molar-refractivity contribution in [3.05, 3.63) is 35.7 Å². The van der Waals surface area contributed by atoms with Crippen LogP contribution in [0.3, 0.4) is 0 Å². The summed E-state index contributed by atoms with van der Waals surface area (Å²) in [6.07, 6.45) is 4.63. The summed E-state index contributed by atoms with van der Waals surface area (Å²) in [6.45, 7) is 0. The molecule has 2 aromatic rings. The third-order valence-corrected chi connectivity index (χ3v) is 2.12. The van der Waals surface area contributed by atoms with E-state index in [4.69, 9.17) is 5.11 Å². The van der Waals surface area contributed by atoms with Gasteiger partial charge >= 0.3 is 5.97 Å². The van der Waals surface area contributed by atoms with E-state index in [1.807, 2.05) is 0 Å². The number of rotatable bonds is 3. The topological polar surface area (TPSA) is 83.1 Å². The number of hydrogen-bond donors (Lipinski definition) is 2. The minimum Gasteiger partial charge on any atom is -0.478 e. The fourth-order valence-electron chi connectivity index (χ4n) is 1.46. The molecule has 0 bridgehead atoms. The Hall–Kier alpha value is -2.43. The van der Waals surface area contributed by atoms with Crippen molar-refractivity contribution in [2.45, 2.75) is 0 Å². The van der Waals surface area contributed by atoms with Crippen molar-refractivity contribution < 1.29 is 14.7 Å². The molecule has 5 nitrogen and oxygen atoms in total. The monoisotopic (exact) mass is 216 g/mol. The van der Waals surface area contributed by atoms with Crippen LogP contribution in [-0.4, -0.2) is 27.3 Å². The van der Waals surface area contributed by atoms with Gasteiger partial charge in [-0.25, -0.2) is 9.78 Å². The van der Waals surface area contributed by atoms with Gasteiger partial charge in [0.15, 0.2) is 0 Å². The van der Waals surface area contributed by atoms with Gasteiger partial charge in [-0.15, -0.1) is 0 Å². The van der Waals surface area contributed by atoms with Crippen molar-refractivity contribution >= 4 is 29.4 Å². The molecule has 0 saturated heterocycles. The number of carbonyl (C=O) groups excluding carboxylic acids is 1. The SMILES string of the molecule is O=Cc1cc(/C=C/C(=O)O)c2nc[nH]c2c1. The first kappa shape index (κ1) is 10.1. The molecule has 0 aliphatic rings. The Balaban J connectivity index is 2.60. The molecule has 0 unspecified atom stereocenters. The van der Waals surface area contributed by atoms with Crippen LogP contribution in [0.25, 0.3) is 17.1 Å². The summed E-state index contributed by atoms with van der Waals surface area (Å²) in [5, 5.41) is 8.54. The Morgan fingerprint density at radius 1 is 1.44 bits per heavy atom. The van der Waals surface area contributed by atoms with E-state index in [9.17, 15) is 9.59 Å². The second kappa shape index (κ2) is 3.98. The first-order chi connectivity index (χ1) is 7.70. The Morgan fingerprint density at radius 2 is 2.25 bits per heavy atom. The van der Waals surface area contributed by atoms with Gasteiger partial charge < -0.3 is 10.1 Å². The van der Waals surface area contributed by atoms with Gasteiger partial charge in [-0.1, -0.05) is 0 Å². The molecule has 0 spiro atoms. The van der Waals surface area contributed by atoms with Crippen LogP contribution in [0.15, 0.2) is 24.5 Å². The predicted molar refractivity (Wildman–Crippen MR) is 58.2 cm³/mol. The maximum atomic E-state index is 10.7. The molecule has 1 heterocycles. The van der Waals surface area contributed by atoms with Crippen LogP contribution < -0.4 is 0 Å². The number of fused-ring (bicyclic) bond motifs is 1. The van der Waals surface area contributed by atoms with Crippen LogP contribution in [0.4, 0.5) is 0 Å². The van der Waals surface area contributed by atoms with Gasteiger partial charge in [0.2, 0.25) is 0 Å². The molecular weight excluding hydrogens is 208 g/mol. The Labute approximate surface area is 90.4 Å². The van der Waals surface area contributed by atoms with Gasteiger partial charge in [0.05, 0.1) is 17.4 Å². The largest absolute Gasteiger partial charge is 0.478 e. The number of nitrogens with one attached hydrogen (secondary N) is 1. The minimum atomic E-state index is -1.04. The molecule has 0 fully saturated rings. The van der Waals surface area contributed by atoms with Gasteiger partial charge in [0, 0.05) is 17.2 Å². The molecule has 0 aliphatic carbocycles. The minimum absolute atomic E-state index is 0.474. The van der Waals surface area contributed by atoms with Gasteiger partial charge in [-0.05, 0) is 18.2 Å². The van der Waals surface area contributed by atoms with Crippen molar-refractivity contribution in [2.75, 3.05) is 0 Å². The standard InChI is InChI=1S/C11H8N2O3/c14-5-7-3-8(1-2-10(15)16)11-9(4-7)12-6-13-11/h1-6H,(H,12,13)(H,15,16)/b2-1+. The second-order valence-electron chi connectivity index (χ2n) is 3.20. The zero-order chi connectivity index (χ0) is 11.5. The molecule has 16 heavy (non-hydrogen) atoms. The van der Waals surface area contributed by atoms with Crippen molar-refractivity contribution in [3.8, 4) is 0 Å².